The molecular weight excluding hydrogens is 312 g/mol. The summed E-state index contributed by atoms with van der Waals surface area (Å²) >= 11 is 0. The number of fused-ring (bicyclic) bond motifs is 1. The first-order valence-corrected chi connectivity index (χ1v) is 9.33. The maximum Gasteiger partial charge on any atom is 0.217 e. The van der Waals surface area contributed by atoms with Crippen molar-refractivity contribution in [2.45, 2.75) is 52.1 Å². The fourth-order valence-corrected chi connectivity index (χ4v) is 3.20. The average Bonchev–Trinajstić information content (AvgIpc) is 3.45. The van der Waals surface area contributed by atoms with Gasteiger partial charge >= 0.3 is 0 Å². The molecule has 0 saturated heterocycles. The van der Waals surface area contributed by atoms with E-state index in [1.165, 1.54) is 29.7 Å². The minimum absolute atomic E-state index is 0.380. The third-order valence-corrected chi connectivity index (χ3v) is 4.94. The van der Waals surface area contributed by atoms with E-state index in [1.54, 1.807) is 0 Å². The van der Waals surface area contributed by atoms with E-state index in [4.69, 9.17) is 9.72 Å². The van der Waals surface area contributed by atoms with Gasteiger partial charge in [-0.25, -0.2) is 15.0 Å². The Morgan fingerprint density at radius 2 is 2.16 bits per heavy atom. The van der Waals surface area contributed by atoms with E-state index >= 15 is 0 Å². The van der Waals surface area contributed by atoms with Crippen molar-refractivity contribution >= 4 is 0 Å². The molecule has 2 aliphatic rings. The molecule has 0 aromatic carbocycles. The summed E-state index contributed by atoms with van der Waals surface area (Å²) in [6, 6.07) is 4.12. The highest BCUT2D eigenvalue weighted by atomic mass is 16.5. The van der Waals surface area contributed by atoms with E-state index in [0.29, 0.717) is 5.92 Å². The summed E-state index contributed by atoms with van der Waals surface area (Å²) in [6.45, 7) is 7.85. The predicted molar refractivity (Wildman–Crippen MR) is 96.4 cm³/mol. The summed E-state index contributed by atoms with van der Waals surface area (Å²) in [6.07, 6.45) is 7.40. The van der Waals surface area contributed by atoms with Crippen LogP contribution in [-0.4, -0.2) is 33.0 Å². The van der Waals surface area contributed by atoms with Gasteiger partial charge in [-0.05, 0) is 24.8 Å². The van der Waals surface area contributed by atoms with Crippen LogP contribution in [0.5, 0.6) is 5.88 Å². The van der Waals surface area contributed by atoms with Gasteiger partial charge in [-0.1, -0.05) is 19.9 Å². The molecule has 1 aliphatic heterocycles. The fraction of sp³-hybridized carbons (Fsp3) is 0.550. The lowest BCUT2D eigenvalue weighted by Gasteiger charge is -2.28. The summed E-state index contributed by atoms with van der Waals surface area (Å²) in [4.78, 5) is 16.2. The van der Waals surface area contributed by atoms with Crippen LogP contribution in [0.2, 0.25) is 0 Å². The number of ether oxygens (including phenoxy) is 1. The first-order valence-electron chi connectivity index (χ1n) is 9.33. The van der Waals surface area contributed by atoms with Crippen molar-refractivity contribution in [2.75, 3.05) is 13.2 Å². The van der Waals surface area contributed by atoms with E-state index in [0.717, 1.165) is 50.3 Å². The molecular formula is C20H26N4O. The Labute approximate surface area is 149 Å². The monoisotopic (exact) mass is 338 g/mol. The SMILES string of the molecule is CC(C)c1ncc2c(n1)CCN(Cc1cccnc1OCC1CC1)C2. The predicted octanol–water partition coefficient (Wildman–Crippen LogP) is 3.34. The molecule has 0 amide bonds. The fourth-order valence-electron chi connectivity index (χ4n) is 3.20. The van der Waals surface area contributed by atoms with Gasteiger partial charge in [0.1, 0.15) is 5.82 Å². The molecule has 4 rings (SSSR count). The van der Waals surface area contributed by atoms with Gasteiger partial charge in [0, 0.05) is 61.2 Å². The molecule has 1 saturated carbocycles. The van der Waals surface area contributed by atoms with E-state index in [2.05, 4.69) is 34.8 Å². The van der Waals surface area contributed by atoms with Crippen LogP contribution in [0.3, 0.4) is 0 Å². The number of rotatable bonds is 6. The Kier molecular flexibility index (Phi) is 4.66. The standard InChI is InChI=1S/C20H26N4O/c1-14(2)19-22-10-17-12-24(9-7-18(17)23-19)11-16-4-3-8-21-20(16)25-13-15-5-6-15/h3-4,8,10,14-15H,5-7,9,11-13H2,1-2H3. The zero-order chi connectivity index (χ0) is 17.2. The van der Waals surface area contributed by atoms with Crippen LogP contribution in [0.25, 0.3) is 0 Å². The lowest BCUT2D eigenvalue weighted by atomic mass is 10.1. The smallest absolute Gasteiger partial charge is 0.217 e. The first-order chi connectivity index (χ1) is 12.2. The molecule has 5 nitrogen and oxygen atoms in total. The number of nitrogens with zero attached hydrogens (tertiary/aromatic N) is 4. The second-order valence-corrected chi connectivity index (χ2v) is 7.54. The Bertz CT molecular complexity index is 742. The molecule has 0 atom stereocenters. The molecule has 2 aromatic heterocycles. The zero-order valence-corrected chi connectivity index (χ0v) is 15.1. The zero-order valence-electron chi connectivity index (χ0n) is 15.1. The summed E-state index contributed by atoms with van der Waals surface area (Å²) in [5.41, 5.74) is 3.64. The van der Waals surface area contributed by atoms with Crippen LogP contribution < -0.4 is 4.74 Å². The van der Waals surface area contributed by atoms with Crippen LogP contribution in [-0.2, 0) is 19.5 Å². The van der Waals surface area contributed by atoms with Gasteiger partial charge in [-0.2, -0.15) is 0 Å². The third kappa shape index (κ3) is 3.98. The quantitative estimate of drug-likeness (QED) is 0.808. The van der Waals surface area contributed by atoms with Crippen molar-refractivity contribution in [1.82, 2.24) is 19.9 Å². The molecule has 132 valence electrons. The minimum Gasteiger partial charge on any atom is -0.477 e. The molecule has 1 aliphatic carbocycles. The highest BCUT2D eigenvalue weighted by molar-refractivity contribution is 5.27. The first kappa shape index (κ1) is 16.5. The Hall–Kier alpha value is -2.01. The minimum atomic E-state index is 0.380. The molecule has 1 fully saturated rings. The van der Waals surface area contributed by atoms with Crippen molar-refractivity contribution < 1.29 is 4.74 Å². The molecule has 0 unspecified atom stereocenters. The molecule has 5 heteroatoms. The van der Waals surface area contributed by atoms with Gasteiger partial charge in [0.25, 0.3) is 0 Å². The van der Waals surface area contributed by atoms with Crippen molar-refractivity contribution in [3.8, 4) is 5.88 Å². The normalized spacial score (nSPS) is 17.6. The van der Waals surface area contributed by atoms with E-state index in [-0.39, 0.29) is 0 Å². The Morgan fingerprint density at radius 3 is 2.96 bits per heavy atom. The third-order valence-electron chi connectivity index (χ3n) is 4.94. The topological polar surface area (TPSA) is 51.1 Å². The molecule has 2 aromatic rings. The van der Waals surface area contributed by atoms with Gasteiger partial charge in [-0.15, -0.1) is 0 Å². The van der Waals surface area contributed by atoms with Crippen LogP contribution in [0.4, 0.5) is 0 Å². The van der Waals surface area contributed by atoms with E-state index in [9.17, 15) is 0 Å². The second-order valence-electron chi connectivity index (χ2n) is 7.54. The molecule has 25 heavy (non-hydrogen) atoms. The van der Waals surface area contributed by atoms with Gasteiger partial charge in [0.15, 0.2) is 0 Å². The largest absolute Gasteiger partial charge is 0.477 e. The highest BCUT2D eigenvalue weighted by Gasteiger charge is 2.24. The summed E-state index contributed by atoms with van der Waals surface area (Å²) in [5, 5.41) is 0. The molecule has 0 spiro atoms. The average molecular weight is 338 g/mol. The maximum absolute atomic E-state index is 5.95. The van der Waals surface area contributed by atoms with Gasteiger partial charge in [0.2, 0.25) is 5.88 Å². The Balaban J connectivity index is 1.44. The summed E-state index contributed by atoms with van der Waals surface area (Å²) in [7, 11) is 0. The number of aromatic nitrogens is 3. The van der Waals surface area contributed by atoms with Crippen molar-refractivity contribution in [1.29, 1.82) is 0 Å². The van der Waals surface area contributed by atoms with Gasteiger partial charge in [-0.3, -0.25) is 4.90 Å². The summed E-state index contributed by atoms with van der Waals surface area (Å²) < 4.78 is 5.95. The molecule has 0 radical (unpaired) electrons. The van der Waals surface area contributed by atoms with Crippen LogP contribution >= 0.6 is 0 Å². The molecule has 0 bridgehead atoms. The number of hydrogen-bond donors (Lipinski definition) is 0. The van der Waals surface area contributed by atoms with Gasteiger partial charge in [0.05, 0.1) is 6.61 Å². The van der Waals surface area contributed by atoms with E-state index < -0.39 is 0 Å². The van der Waals surface area contributed by atoms with Crippen molar-refractivity contribution in [2.24, 2.45) is 5.92 Å². The van der Waals surface area contributed by atoms with Crippen LogP contribution in [0.15, 0.2) is 24.5 Å². The number of hydrogen-bond acceptors (Lipinski definition) is 5. The summed E-state index contributed by atoms with van der Waals surface area (Å²) in [5.74, 6) is 2.87. The Morgan fingerprint density at radius 1 is 1.28 bits per heavy atom. The van der Waals surface area contributed by atoms with Gasteiger partial charge < -0.3 is 4.74 Å². The van der Waals surface area contributed by atoms with E-state index in [1.807, 2.05) is 18.5 Å². The second kappa shape index (κ2) is 7.08. The van der Waals surface area contributed by atoms with Crippen LogP contribution in [0, 0.1) is 5.92 Å². The van der Waals surface area contributed by atoms with Crippen LogP contribution in [0.1, 0.15) is 55.3 Å². The lowest BCUT2D eigenvalue weighted by molar-refractivity contribution is 0.231. The maximum atomic E-state index is 5.95. The van der Waals surface area contributed by atoms with Crippen molar-refractivity contribution in [3.63, 3.8) is 0 Å². The number of pyridine rings is 1. The molecule has 0 N–H and O–H groups in total. The molecule has 3 heterocycles. The van der Waals surface area contributed by atoms with Crippen molar-refractivity contribution in [3.05, 3.63) is 47.2 Å². The highest BCUT2D eigenvalue weighted by Crippen LogP contribution is 2.30. The lowest BCUT2D eigenvalue weighted by Crippen LogP contribution is -2.31.